The van der Waals surface area contributed by atoms with Crippen LogP contribution in [0.2, 0.25) is 0 Å². The fourth-order valence-electron chi connectivity index (χ4n) is 8.37. The normalized spacial score (nSPS) is 13.1. The van der Waals surface area contributed by atoms with E-state index >= 15 is 0 Å². The van der Waals surface area contributed by atoms with E-state index in [0.29, 0.717) is 0 Å². The highest BCUT2D eigenvalue weighted by Crippen LogP contribution is 2.63. The van der Waals surface area contributed by atoms with Crippen LogP contribution in [0.25, 0.3) is 67.0 Å². The third kappa shape index (κ3) is 4.16. The van der Waals surface area contributed by atoms with E-state index < -0.39 is 0 Å². The van der Waals surface area contributed by atoms with Crippen LogP contribution in [-0.2, 0) is 5.41 Å². The van der Waals surface area contributed by atoms with Gasteiger partial charge in [0.25, 0.3) is 0 Å². The van der Waals surface area contributed by atoms with E-state index in [0.717, 1.165) is 28.1 Å². The average molecular weight is 622 g/mol. The van der Waals surface area contributed by atoms with E-state index in [1.807, 2.05) is 0 Å². The third-order valence-corrected chi connectivity index (χ3v) is 10.5. The first kappa shape index (κ1) is 27.8. The Labute approximate surface area is 286 Å². The summed E-state index contributed by atoms with van der Waals surface area (Å²) >= 11 is 0. The van der Waals surface area contributed by atoms with Gasteiger partial charge in [0.15, 0.2) is 0 Å². The van der Waals surface area contributed by atoms with Crippen molar-refractivity contribution in [1.29, 1.82) is 0 Å². The molecule has 0 saturated carbocycles. The Morgan fingerprint density at radius 1 is 0.265 bits per heavy atom. The Hall–Kier alpha value is -6.31. The molecular weight excluding hydrogens is 591 g/mol. The lowest BCUT2D eigenvalue weighted by molar-refractivity contribution is 0.794. The van der Waals surface area contributed by atoms with Gasteiger partial charge in [0.1, 0.15) is 0 Å². The summed E-state index contributed by atoms with van der Waals surface area (Å²) in [5.41, 5.74) is 19.2. The number of pyridine rings is 1. The van der Waals surface area contributed by atoms with Gasteiger partial charge in [0, 0.05) is 11.1 Å². The minimum absolute atomic E-state index is 0.378. The lowest BCUT2D eigenvalue weighted by Gasteiger charge is -2.30. The predicted molar refractivity (Wildman–Crippen MR) is 202 cm³/mol. The van der Waals surface area contributed by atoms with Crippen molar-refractivity contribution in [2.45, 2.75) is 5.41 Å². The van der Waals surface area contributed by atoms with E-state index in [2.05, 4.69) is 188 Å². The molecular formula is C48H31N. The van der Waals surface area contributed by atoms with Crippen LogP contribution in [0.15, 0.2) is 188 Å². The van der Waals surface area contributed by atoms with Crippen molar-refractivity contribution in [3.05, 3.63) is 210 Å². The molecule has 0 unspecified atom stereocenters. The van der Waals surface area contributed by atoms with Gasteiger partial charge in [-0.15, -0.1) is 0 Å². The molecule has 49 heavy (non-hydrogen) atoms. The van der Waals surface area contributed by atoms with Crippen LogP contribution in [-0.4, -0.2) is 4.98 Å². The molecule has 1 heterocycles. The number of benzene rings is 7. The Bertz CT molecular complexity index is 2480. The van der Waals surface area contributed by atoms with Gasteiger partial charge in [0.2, 0.25) is 0 Å². The molecule has 8 aromatic rings. The monoisotopic (exact) mass is 621 g/mol. The zero-order chi connectivity index (χ0) is 32.4. The molecule has 0 bridgehead atoms. The first-order valence-electron chi connectivity index (χ1n) is 17.0. The maximum absolute atomic E-state index is 5.27. The summed E-state index contributed by atoms with van der Waals surface area (Å²) in [5, 5.41) is 0. The fraction of sp³-hybridized carbons (Fsp3) is 0.0208. The molecule has 2 aliphatic rings. The number of fused-ring (bicyclic) bond motifs is 10. The van der Waals surface area contributed by atoms with Crippen molar-refractivity contribution < 1.29 is 0 Å². The molecule has 1 nitrogen and oxygen atoms in total. The number of hydrogen-bond acceptors (Lipinski definition) is 1. The highest BCUT2D eigenvalue weighted by molar-refractivity contribution is 5.96. The van der Waals surface area contributed by atoms with Crippen molar-refractivity contribution in [3.63, 3.8) is 0 Å². The fourth-order valence-corrected chi connectivity index (χ4v) is 8.37. The van der Waals surface area contributed by atoms with Crippen LogP contribution in [0, 0.1) is 0 Å². The molecule has 1 heteroatoms. The molecule has 0 saturated heterocycles. The zero-order valence-electron chi connectivity index (χ0n) is 26.8. The summed E-state index contributed by atoms with van der Waals surface area (Å²) in [7, 11) is 0. The number of nitrogens with zero attached hydrogens (tertiary/aromatic N) is 1. The lowest BCUT2D eigenvalue weighted by atomic mass is 9.70. The molecule has 0 aliphatic heterocycles. The van der Waals surface area contributed by atoms with Gasteiger partial charge in [0.05, 0.1) is 16.8 Å². The van der Waals surface area contributed by atoms with Crippen molar-refractivity contribution >= 4 is 0 Å². The van der Waals surface area contributed by atoms with E-state index in [1.165, 1.54) is 61.2 Å². The van der Waals surface area contributed by atoms with Crippen LogP contribution in [0.3, 0.4) is 0 Å². The largest absolute Gasteiger partial charge is 0.248 e. The minimum Gasteiger partial charge on any atom is -0.248 e. The maximum atomic E-state index is 5.27. The maximum Gasteiger partial charge on any atom is 0.0725 e. The van der Waals surface area contributed by atoms with Crippen molar-refractivity contribution in [1.82, 2.24) is 4.98 Å². The topological polar surface area (TPSA) is 12.9 Å². The Balaban J connectivity index is 1.21. The van der Waals surface area contributed by atoms with E-state index in [9.17, 15) is 0 Å². The Kier molecular flexibility index (Phi) is 6.16. The molecule has 7 aromatic carbocycles. The van der Waals surface area contributed by atoms with Crippen LogP contribution in [0.4, 0.5) is 0 Å². The molecule has 0 amide bonds. The second-order valence-electron chi connectivity index (χ2n) is 13.1. The second-order valence-corrected chi connectivity index (χ2v) is 13.1. The quantitative estimate of drug-likeness (QED) is 0.191. The van der Waals surface area contributed by atoms with Crippen molar-refractivity contribution in [3.8, 4) is 67.0 Å². The zero-order valence-corrected chi connectivity index (χ0v) is 26.8. The minimum atomic E-state index is -0.378. The Morgan fingerprint density at radius 2 is 0.714 bits per heavy atom. The summed E-state index contributed by atoms with van der Waals surface area (Å²) in [4.78, 5) is 5.27. The van der Waals surface area contributed by atoms with E-state index in [1.54, 1.807) is 0 Å². The van der Waals surface area contributed by atoms with Crippen LogP contribution >= 0.6 is 0 Å². The first-order chi connectivity index (χ1) is 24.3. The van der Waals surface area contributed by atoms with E-state index in [4.69, 9.17) is 4.98 Å². The summed E-state index contributed by atoms with van der Waals surface area (Å²) in [6, 6.07) is 68.5. The van der Waals surface area contributed by atoms with Gasteiger partial charge in [-0.3, -0.25) is 0 Å². The second kappa shape index (κ2) is 10.9. The molecule has 0 N–H and O–H groups in total. The van der Waals surface area contributed by atoms with E-state index in [-0.39, 0.29) is 5.41 Å². The molecule has 10 rings (SSSR count). The Morgan fingerprint density at radius 3 is 1.33 bits per heavy atom. The summed E-state index contributed by atoms with van der Waals surface area (Å²) in [5.74, 6) is 0. The van der Waals surface area contributed by atoms with Gasteiger partial charge in [-0.25, -0.2) is 4.98 Å². The summed E-state index contributed by atoms with van der Waals surface area (Å²) < 4.78 is 0. The SMILES string of the molecule is c1ccc(-c2cccc(-c3cc(-c4ccc5c(c4)C4(c6ccccc6-c6ccccc64)c4ccccc4-5)cc(-c4ccccc4)n3)c2)cc1. The number of rotatable bonds is 4. The summed E-state index contributed by atoms with van der Waals surface area (Å²) in [6.45, 7) is 0. The molecule has 0 fully saturated rings. The smallest absolute Gasteiger partial charge is 0.0725 e. The van der Waals surface area contributed by atoms with Crippen LogP contribution in [0.5, 0.6) is 0 Å². The molecule has 1 spiro atoms. The number of hydrogen-bond donors (Lipinski definition) is 0. The van der Waals surface area contributed by atoms with Crippen LogP contribution in [0.1, 0.15) is 22.3 Å². The van der Waals surface area contributed by atoms with Gasteiger partial charge < -0.3 is 0 Å². The molecule has 2 aliphatic carbocycles. The molecule has 1 aromatic heterocycles. The lowest BCUT2D eigenvalue weighted by Crippen LogP contribution is -2.25. The van der Waals surface area contributed by atoms with Gasteiger partial charge in [-0.2, -0.15) is 0 Å². The third-order valence-electron chi connectivity index (χ3n) is 10.5. The van der Waals surface area contributed by atoms with Gasteiger partial charge in [-0.1, -0.05) is 164 Å². The van der Waals surface area contributed by atoms with Crippen molar-refractivity contribution in [2.24, 2.45) is 0 Å². The van der Waals surface area contributed by atoms with Crippen LogP contribution < -0.4 is 0 Å². The predicted octanol–water partition coefficient (Wildman–Crippen LogP) is 12.1. The molecule has 228 valence electrons. The summed E-state index contributed by atoms with van der Waals surface area (Å²) in [6.07, 6.45) is 0. The molecule has 0 radical (unpaired) electrons. The highest BCUT2D eigenvalue weighted by Gasteiger charge is 2.51. The molecule has 0 atom stereocenters. The first-order valence-corrected chi connectivity index (χ1v) is 17.0. The standard InChI is InChI=1S/C48H31N/c1-3-14-32(15-4-1)34-18-13-19-36(28-34)47-31-37(30-46(49-47)33-16-5-2-6-17-33)35-26-27-41-40-22-9-12-25-44(40)48(45(41)29-35)42-23-10-7-20-38(42)39-21-8-11-24-43(39)48/h1-31H. The van der Waals surface area contributed by atoms with Gasteiger partial charge in [-0.05, 0) is 91.0 Å². The van der Waals surface area contributed by atoms with Crippen molar-refractivity contribution in [2.75, 3.05) is 0 Å². The highest BCUT2D eigenvalue weighted by atomic mass is 14.7. The number of aromatic nitrogens is 1. The average Bonchev–Trinajstić information content (AvgIpc) is 3.66. The van der Waals surface area contributed by atoms with Gasteiger partial charge >= 0.3 is 0 Å².